The zero-order valence-corrected chi connectivity index (χ0v) is 20.0. The molecule has 6 nitrogen and oxygen atoms in total. The van der Waals surface area contributed by atoms with Crippen molar-refractivity contribution in [3.8, 4) is 5.75 Å². The first-order valence-electron chi connectivity index (χ1n) is 11.5. The van der Waals surface area contributed by atoms with Crippen LogP contribution in [0.3, 0.4) is 0 Å². The maximum absolute atomic E-state index is 13.6. The van der Waals surface area contributed by atoms with Crippen LogP contribution in [-0.2, 0) is 16.1 Å². The summed E-state index contributed by atoms with van der Waals surface area (Å²) in [6, 6.07) is 14.7. The van der Waals surface area contributed by atoms with Crippen molar-refractivity contribution in [1.29, 1.82) is 0 Å². The van der Waals surface area contributed by atoms with Crippen LogP contribution in [0.25, 0.3) is 0 Å². The van der Waals surface area contributed by atoms with Crippen molar-refractivity contribution < 1.29 is 19.2 Å². The highest BCUT2D eigenvalue weighted by atomic mass is 16.7. The molecule has 2 aromatic carbocycles. The van der Waals surface area contributed by atoms with Gasteiger partial charge < -0.3 is 14.9 Å². The SMILES string of the molecule is CCc1ccc(NC(=O)C23CCC(C)(C(=NOC(=O)c4ccc(OC)cc4)C2)C3(C)C)cc1. The summed E-state index contributed by atoms with van der Waals surface area (Å²) in [4.78, 5) is 31.5. The number of amides is 1. The maximum Gasteiger partial charge on any atom is 0.365 e. The van der Waals surface area contributed by atoms with Gasteiger partial charge in [-0.15, -0.1) is 0 Å². The van der Waals surface area contributed by atoms with Gasteiger partial charge in [-0.3, -0.25) is 4.79 Å². The third-order valence-corrected chi connectivity index (χ3v) is 8.35. The Morgan fingerprint density at radius 3 is 2.27 bits per heavy atom. The van der Waals surface area contributed by atoms with Crippen LogP contribution in [-0.4, -0.2) is 24.7 Å². The van der Waals surface area contributed by atoms with Crippen molar-refractivity contribution in [2.24, 2.45) is 21.4 Å². The Morgan fingerprint density at radius 1 is 1.00 bits per heavy atom. The Kier molecular flexibility index (Phi) is 5.81. The van der Waals surface area contributed by atoms with E-state index in [1.807, 2.05) is 24.3 Å². The van der Waals surface area contributed by atoms with E-state index in [-0.39, 0.29) is 16.7 Å². The number of rotatable bonds is 6. The van der Waals surface area contributed by atoms with Crippen LogP contribution in [0.1, 0.15) is 62.9 Å². The summed E-state index contributed by atoms with van der Waals surface area (Å²) in [6.45, 7) is 8.50. The molecule has 2 saturated carbocycles. The van der Waals surface area contributed by atoms with Gasteiger partial charge in [0.2, 0.25) is 5.91 Å². The largest absolute Gasteiger partial charge is 0.497 e. The molecule has 0 aliphatic heterocycles. The van der Waals surface area contributed by atoms with E-state index in [9.17, 15) is 9.59 Å². The number of nitrogens with zero attached hydrogens (tertiary/aromatic N) is 1. The number of carbonyl (C=O) groups excluding carboxylic acids is 2. The molecule has 1 amide bonds. The predicted octanol–water partition coefficient (Wildman–Crippen LogP) is 5.63. The number of fused-ring (bicyclic) bond motifs is 2. The Hall–Kier alpha value is -3.15. The van der Waals surface area contributed by atoms with Crippen molar-refractivity contribution in [2.75, 3.05) is 12.4 Å². The molecule has 0 heterocycles. The molecule has 0 radical (unpaired) electrons. The average Bonchev–Trinajstić information content (AvgIpc) is 3.14. The fourth-order valence-corrected chi connectivity index (χ4v) is 5.47. The lowest BCUT2D eigenvalue weighted by molar-refractivity contribution is -0.130. The van der Waals surface area contributed by atoms with Gasteiger partial charge >= 0.3 is 5.97 Å². The van der Waals surface area contributed by atoms with Crippen LogP contribution in [0, 0.1) is 16.2 Å². The van der Waals surface area contributed by atoms with Gasteiger partial charge in [0.15, 0.2) is 0 Å². The lowest BCUT2D eigenvalue weighted by atomic mass is 9.64. The van der Waals surface area contributed by atoms with E-state index in [0.29, 0.717) is 17.7 Å². The standard InChI is InChI=1S/C27H32N2O4/c1-6-18-7-11-20(12-8-18)28-24(31)27-16-15-26(4,25(27,2)3)22(17-27)29-33-23(30)19-9-13-21(32-5)14-10-19/h7-14H,6,15-17H2,1-5H3,(H,28,31). The number of hydrogen-bond acceptors (Lipinski definition) is 5. The summed E-state index contributed by atoms with van der Waals surface area (Å²) < 4.78 is 5.13. The fourth-order valence-electron chi connectivity index (χ4n) is 5.47. The molecule has 2 aliphatic carbocycles. The third kappa shape index (κ3) is 3.62. The molecule has 0 saturated heterocycles. The van der Waals surface area contributed by atoms with Gasteiger partial charge in [0.05, 0.1) is 23.8 Å². The quantitative estimate of drug-likeness (QED) is 0.459. The van der Waals surface area contributed by atoms with Crippen molar-refractivity contribution >= 4 is 23.3 Å². The number of nitrogens with one attached hydrogen (secondary N) is 1. The number of carbonyl (C=O) groups is 2. The molecule has 33 heavy (non-hydrogen) atoms. The molecule has 2 atom stereocenters. The molecular weight excluding hydrogens is 416 g/mol. The second-order valence-corrected chi connectivity index (χ2v) is 9.87. The van der Waals surface area contributed by atoms with Crippen molar-refractivity contribution in [3.63, 3.8) is 0 Å². The number of oxime groups is 1. The van der Waals surface area contributed by atoms with Gasteiger partial charge in [-0.1, -0.05) is 45.0 Å². The molecule has 6 heteroatoms. The normalized spacial score (nSPS) is 26.3. The van der Waals surface area contributed by atoms with Crippen LogP contribution >= 0.6 is 0 Å². The minimum Gasteiger partial charge on any atom is -0.497 e. The van der Waals surface area contributed by atoms with Gasteiger partial charge in [-0.2, -0.15) is 0 Å². The molecular formula is C27H32N2O4. The van der Waals surface area contributed by atoms with Crippen molar-refractivity contribution in [3.05, 3.63) is 59.7 Å². The minimum absolute atomic E-state index is 0.00662. The summed E-state index contributed by atoms with van der Waals surface area (Å²) in [5.74, 6) is 0.147. The van der Waals surface area contributed by atoms with Gasteiger partial charge in [0, 0.05) is 17.5 Å². The molecule has 1 N–H and O–H groups in total. The molecule has 2 fully saturated rings. The van der Waals surface area contributed by atoms with Crippen LogP contribution in [0.4, 0.5) is 5.69 Å². The summed E-state index contributed by atoms with van der Waals surface area (Å²) in [7, 11) is 1.57. The molecule has 4 rings (SSSR count). The average molecular weight is 449 g/mol. The van der Waals surface area contributed by atoms with E-state index in [0.717, 1.165) is 30.7 Å². The Balaban J connectivity index is 1.54. The smallest absolute Gasteiger partial charge is 0.365 e. The maximum atomic E-state index is 13.6. The minimum atomic E-state index is -0.601. The highest BCUT2D eigenvalue weighted by Gasteiger charge is 2.71. The van der Waals surface area contributed by atoms with E-state index in [1.165, 1.54) is 5.56 Å². The highest BCUT2D eigenvalue weighted by molar-refractivity contribution is 6.06. The number of ether oxygens (including phenoxy) is 1. The number of methoxy groups -OCH3 is 1. The molecule has 0 spiro atoms. The third-order valence-electron chi connectivity index (χ3n) is 8.35. The summed E-state index contributed by atoms with van der Waals surface area (Å²) in [5, 5.41) is 7.44. The molecule has 2 aromatic rings. The van der Waals surface area contributed by atoms with Crippen LogP contribution in [0.15, 0.2) is 53.7 Å². The van der Waals surface area contributed by atoms with E-state index in [1.54, 1.807) is 31.4 Å². The van der Waals surface area contributed by atoms with Crippen LogP contribution in [0.5, 0.6) is 5.75 Å². The van der Waals surface area contributed by atoms with Gasteiger partial charge in [-0.25, -0.2) is 4.79 Å². The zero-order valence-electron chi connectivity index (χ0n) is 20.0. The predicted molar refractivity (Wildman–Crippen MR) is 128 cm³/mol. The number of anilines is 1. The van der Waals surface area contributed by atoms with Crippen molar-refractivity contribution in [1.82, 2.24) is 0 Å². The number of benzene rings is 2. The first-order valence-corrected chi connectivity index (χ1v) is 11.5. The lowest BCUT2D eigenvalue weighted by Gasteiger charge is -2.39. The Morgan fingerprint density at radius 2 is 1.67 bits per heavy atom. The first-order chi connectivity index (χ1) is 15.7. The lowest BCUT2D eigenvalue weighted by Crippen LogP contribution is -2.43. The van der Waals surface area contributed by atoms with E-state index in [4.69, 9.17) is 9.57 Å². The van der Waals surface area contributed by atoms with E-state index < -0.39 is 11.4 Å². The topological polar surface area (TPSA) is 77.0 Å². The summed E-state index contributed by atoms with van der Waals surface area (Å²) >= 11 is 0. The Labute approximate surface area is 195 Å². The van der Waals surface area contributed by atoms with Gasteiger partial charge in [0.25, 0.3) is 0 Å². The number of aryl methyl sites for hydroxylation is 1. The van der Waals surface area contributed by atoms with E-state index in [2.05, 4.69) is 38.2 Å². The van der Waals surface area contributed by atoms with E-state index >= 15 is 0 Å². The first kappa shape index (κ1) is 23.0. The van der Waals surface area contributed by atoms with Gasteiger partial charge in [-0.05, 0) is 66.6 Å². The monoisotopic (exact) mass is 448 g/mol. The van der Waals surface area contributed by atoms with Gasteiger partial charge in [0.1, 0.15) is 5.75 Å². The summed E-state index contributed by atoms with van der Waals surface area (Å²) in [6.07, 6.45) is 3.03. The second-order valence-electron chi connectivity index (χ2n) is 9.87. The second kappa shape index (κ2) is 8.32. The van der Waals surface area contributed by atoms with Crippen molar-refractivity contribution in [2.45, 2.75) is 53.4 Å². The molecule has 2 aliphatic rings. The summed E-state index contributed by atoms with van der Waals surface area (Å²) in [5.41, 5.74) is 1.94. The molecule has 2 bridgehead atoms. The van der Waals surface area contributed by atoms with Crippen LogP contribution < -0.4 is 10.1 Å². The Bertz CT molecular complexity index is 1090. The molecule has 174 valence electrons. The number of hydrogen-bond donors (Lipinski definition) is 1. The molecule has 2 unspecified atom stereocenters. The zero-order chi connectivity index (χ0) is 23.9. The highest BCUT2D eigenvalue weighted by Crippen LogP contribution is 2.71. The van der Waals surface area contributed by atoms with Crippen LogP contribution in [0.2, 0.25) is 0 Å². The fraction of sp³-hybridized carbons (Fsp3) is 0.444. The molecule has 0 aromatic heterocycles.